The molecular weight excluding hydrogens is 302 g/mol. The molecule has 0 atom stereocenters. The number of imidazole rings is 1. The highest BCUT2D eigenvalue weighted by Gasteiger charge is 2.09. The zero-order chi connectivity index (χ0) is 16.9. The predicted octanol–water partition coefficient (Wildman–Crippen LogP) is 2.46. The smallest absolute Gasteiger partial charge is 0.220 e. The molecule has 0 aliphatic carbocycles. The molecule has 1 aromatic carbocycles. The van der Waals surface area contributed by atoms with Gasteiger partial charge in [-0.3, -0.25) is 9.89 Å². The van der Waals surface area contributed by atoms with Crippen molar-refractivity contribution in [1.82, 2.24) is 25.1 Å². The van der Waals surface area contributed by atoms with Crippen LogP contribution >= 0.6 is 0 Å². The molecule has 0 aliphatic rings. The van der Waals surface area contributed by atoms with Crippen LogP contribution in [0.4, 0.5) is 0 Å². The van der Waals surface area contributed by atoms with Gasteiger partial charge in [0.05, 0.1) is 17.7 Å². The molecule has 0 bridgehead atoms. The van der Waals surface area contributed by atoms with E-state index in [9.17, 15) is 4.79 Å². The van der Waals surface area contributed by atoms with E-state index in [1.807, 2.05) is 48.9 Å². The zero-order valence-corrected chi connectivity index (χ0v) is 13.9. The van der Waals surface area contributed by atoms with Crippen LogP contribution < -0.4 is 5.32 Å². The SMILES string of the molecule is Cc1[nH]nc(CCC(=O)NCc2ccccc2-n2ccnc2)c1C. The Labute approximate surface area is 140 Å². The number of rotatable bonds is 6. The van der Waals surface area contributed by atoms with Gasteiger partial charge in [-0.1, -0.05) is 18.2 Å². The number of carbonyl (C=O) groups excluding carboxylic acids is 1. The Morgan fingerprint density at radius 1 is 1.29 bits per heavy atom. The van der Waals surface area contributed by atoms with Crippen LogP contribution in [0.3, 0.4) is 0 Å². The summed E-state index contributed by atoms with van der Waals surface area (Å²) in [5, 5.41) is 10.2. The van der Waals surface area contributed by atoms with Gasteiger partial charge < -0.3 is 9.88 Å². The number of aromatic amines is 1. The molecule has 2 heterocycles. The largest absolute Gasteiger partial charge is 0.352 e. The number of benzene rings is 1. The monoisotopic (exact) mass is 323 g/mol. The van der Waals surface area contributed by atoms with Crippen LogP contribution in [-0.2, 0) is 17.8 Å². The minimum absolute atomic E-state index is 0.0236. The summed E-state index contributed by atoms with van der Waals surface area (Å²) in [6, 6.07) is 7.97. The van der Waals surface area contributed by atoms with E-state index < -0.39 is 0 Å². The van der Waals surface area contributed by atoms with Gasteiger partial charge in [0, 0.05) is 37.5 Å². The number of hydrogen-bond donors (Lipinski definition) is 2. The number of para-hydroxylation sites is 1. The Morgan fingerprint density at radius 2 is 2.12 bits per heavy atom. The zero-order valence-electron chi connectivity index (χ0n) is 13.9. The third kappa shape index (κ3) is 3.53. The maximum absolute atomic E-state index is 12.1. The fourth-order valence-corrected chi connectivity index (χ4v) is 2.61. The maximum atomic E-state index is 12.1. The molecule has 0 spiro atoms. The van der Waals surface area contributed by atoms with Crippen molar-refractivity contribution in [3.05, 3.63) is 65.5 Å². The van der Waals surface area contributed by atoms with Gasteiger partial charge in [0.25, 0.3) is 0 Å². The summed E-state index contributed by atoms with van der Waals surface area (Å²) >= 11 is 0. The van der Waals surface area contributed by atoms with E-state index in [0.717, 1.165) is 28.2 Å². The summed E-state index contributed by atoms with van der Waals surface area (Å²) in [5.41, 5.74) is 5.22. The van der Waals surface area contributed by atoms with Crippen LogP contribution in [0.5, 0.6) is 0 Å². The summed E-state index contributed by atoms with van der Waals surface area (Å²) < 4.78 is 1.94. The Bertz CT molecular complexity index is 820. The fourth-order valence-electron chi connectivity index (χ4n) is 2.61. The first-order valence-electron chi connectivity index (χ1n) is 7.98. The summed E-state index contributed by atoms with van der Waals surface area (Å²) in [4.78, 5) is 16.2. The number of nitrogens with zero attached hydrogens (tertiary/aromatic N) is 3. The number of carbonyl (C=O) groups is 1. The molecule has 2 N–H and O–H groups in total. The van der Waals surface area contributed by atoms with Crippen LogP contribution in [0.15, 0.2) is 43.0 Å². The Kier molecular flexibility index (Phi) is 4.74. The van der Waals surface area contributed by atoms with Crippen molar-refractivity contribution < 1.29 is 4.79 Å². The van der Waals surface area contributed by atoms with Gasteiger partial charge in [-0.2, -0.15) is 5.10 Å². The maximum Gasteiger partial charge on any atom is 0.220 e. The van der Waals surface area contributed by atoms with Crippen LogP contribution in [0.2, 0.25) is 0 Å². The molecule has 124 valence electrons. The van der Waals surface area contributed by atoms with Crippen molar-refractivity contribution >= 4 is 5.91 Å². The fraction of sp³-hybridized carbons (Fsp3) is 0.278. The molecule has 6 nitrogen and oxygen atoms in total. The molecule has 0 saturated carbocycles. The van der Waals surface area contributed by atoms with E-state index in [0.29, 0.717) is 19.4 Å². The van der Waals surface area contributed by atoms with Crippen molar-refractivity contribution in [3.8, 4) is 5.69 Å². The first kappa shape index (κ1) is 16.0. The average Bonchev–Trinajstić information content (AvgIpc) is 3.23. The molecule has 0 unspecified atom stereocenters. The third-order valence-electron chi connectivity index (χ3n) is 4.19. The van der Waals surface area contributed by atoms with Gasteiger partial charge in [0.1, 0.15) is 0 Å². The average molecular weight is 323 g/mol. The van der Waals surface area contributed by atoms with Crippen molar-refractivity contribution in [1.29, 1.82) is 0 Å². The first-order chi connectivity index (χ1) is 11.6. The lowest BCUT2D eigenvalue weighted by Crippen LogP contribution is -2.23. The van der Waals surface area contributed by atoms with Crippen LogP contribution in [0.1, 0.15) is 28.9 Å². The van der Waals surface area contributed by atoms with Gasteiger partial charge in [-0.05, 0) is 31.0 Å². The lowest BCUT2D eigenvalue weighted by Gasteiger charge is -2.11. The number of hydrogen-bond acceptors (Lipinski definition) is 3. The number of aromatic nitrogens is 4. The van der Waals surface area contributed by atoms with Gasteiger partial charge in [-0.15, -0.1) is 0 Å². The third-order valence-corrected chi connectivity index (χ3v) is 4.19. The molecule has 3 rings (SSSR count). The molecule has 24 heavy (non-hydrogen) atoms. The minimum atomic E-state index is 0.0236. The molecule has 0 saturated heterocycles. The molecule has 1 amide bonds. The summed E-state index contributed by atoms with van der Waals surface area (Å²) in [6.07, 6.45) is 6.46. The summed E-state index contributed by atoms with van der Waals surface area (Å²) in [6.45, 7) is 4.50. The van der Waals surface area contributed by atoms with E-state index in [2.05, 4.69) is 20.5 Å². The summed E-state index contributed by atoms with van der Waals surface area (Å²) in [7, 11) is 0. The van der Waals surface area contributed by atoms with Crippen LogP contribution in [0, 0.1) is 13.8 Å². The number of nitrogens with one attached hydrogen (secondary N) is 2. The van der Waals surface area contributed by atoms with E-state index >= 15 is 0 Å². The molecule has 0 aliphatic heterocycles. The van der Waals surface area contributed by atoms with Crippen molar-refractivity contribution in [2.75, 3.05) is 0 Å². The molecular formula is C18H21N5O. The molecule has 0 fully saturated rings. The first-order valence-corrected chi connectivity index (χ1v) is 7.98. The van der Waals surface area contributed by atoms with Crippen molar-refractivity contribution in [3.63, 3.8) is 0 Å². The van der Waals surface area contributed by atoms with E-state index in [4.69, 9.17) is 0 Å². The second-order valence-corrected chi connectivity index (χ2v) is 5.80. The topological polar surface area (TPSA) is 75.6 Å². The van der Waals surface area contributed by atoms with Gasteiger partial charge in [-0.25, -0.2) is 4.98 Å². The molecule has 0 radical (unpaired) electrons. The summed E-state index contributed by atoms with van der Waals surface area (Å²) in [5.74, 6) is 0.0236. The highest BCUT2D eigenvalue weighted by atomic mass is 16.1. The van der Waals surface area contributed by atoms with Crippen molar-refractivity contribution in [2.24, 2.45) is 0 Å². The Balaban J connectivity index is 1.58. The highest BCUT2D eigenvalue weighted by molar-refractivity contribution is 5.76. The number of H-pyrrole nitrogens is 1. The van der Waals surface area contributed by atoms with Gasteiger partial charge in [0.2, 0.25) is 5.91 Å². The molecule has 3 aromatic rings. The van der Waals surface area contributed by atoms with Crippen molar-refractivity contribution in [2.45, 2.75) is 33.2 Å². The second kappa shape index (κ2) is 7.12. The number of aryl methyl sites for hydroxylation is 2. The van der Waals surface area contributed by atoms with Crippen LogP contribution in [0.25, 0.3) is 5.69 Å². The van der Waals surface area contributed by atoms with Gasteiger partial charge in [0.15, 0.2) is 0 Å². The molecule has 6 heteroatoms. The minimum Gasteiger partial charge on any atom is -0.352 e. The van der Waals surface area contributed by atoms with Crippen LogP contribution in [-0.4, -0.2) is 25.7 Å². The number of amides is 1. The molecule has 2 aromatic heterocycles. The standard InChI is InChI=1S/C18H21N5O/c1-13-14(2)21-22-16(13)7-8-18(24)20-11-15-5-3-4-6-17(15)23-10-9-19-12-23/h3-6,9-10,12H,7-8,11H2,1-2H3,(H,20,24)(H,21,22). The highest BCUT2D eigenvalue weighted by Crippen LogP contribution is 2.14. The normalized spacial score (nSPS) is 10.8. The lowest BCUT2D eigenvalue weighted by atomic mass is 10.1. The lowest BCUT2D eigenvalue weighted by molar-refractivity contribution is -0.121. The van der Waals surface area contributed by atoms with Gasteiger partial charge >= 0.3 is 0 Å². The van der Waals surface area contributed by atoms with E-state index in [1.54, 1.807) is 12.5 Å². The van der Waals surface area contributed by atoms with E-state index in [-0.39, 0.29) is 5.91 Å². The van der Waals surface area contributed by atoms with E-state index in [1.165, 1.54) is 0 Å². The Morgan fingerprint density at radius 3 is 2.83 bits per heavy atom. The predicted molar refractivity (Wildman–Crippen MR) is 91.8 cm³/mol. The second-order valence-electron chi connectivity index (χ2n) is 5.80. The Hall–Kier alpha value is -2.89. The quantitative estimate of drug-likeness (QED) is 0.731.